The fourth-order valence-electron chi connectivity index (χ4n) is 5.94. The molecule has 0 unspecified atom stereocenters. The van der Waals surface area contributed by atoms with Gasteiger partial charge in [-0.25, -0.2) is 4.79 Å². The third-order valence-electron chi connectivity index (χ3n) is 6.50. The van der Waals surface area contributed by atoms with E-state index >= 15 is 0 Å². The Bertz CT molecular complexity index is 645. The Labute approximate surface area is 159 Å². The maximum Gasteiger partial charge on any atom is 0.377 e. The molecule has 4 fully saturated rings. The highest BCUT2D eigenvalue weighted by Crippen LogP contribution is 2.57. The van der Waals surface area contributed by atoms with Gasteiger partial charge in [-0.1, -0.05) is 0 Å². The van der Waals surface area contributed by atoms with Crippen molar-refractivity contribution in [3.05, 3.63) is 12.0 Å². The number of rotatable bonds is 6. The zero-order valence-corrected chi connectivity index (χ0v) is 15.5. The van der Waals surface area contributed by atoms with Gasteiger partial charge in [-0.05, 0) is 56.3 Å². The molecular formula is C20H26N2O5. The minimum Gasteiger partial charge on any atom is -0.493 e. The summed E-state index contributed by atoms with van der Waals surface area (Å²) >= 11 is 0. The van der Waals surface area contributed by atoms with Crippen molar-refractivity contribution in [2.24, 2.45) is 17.8 Å². The fraction of sp³-hybridized carbons (Fsp3) is 0.750. The van der Waals surface area contributed by atoms with E-state index in [-0.39, 0.29) is 30.4 Å². The van der Waals surface area contributed by atoms with Crippen LogP contribution in [-0.2, 0) is 23.8 Å². The van der Waals surface area contributed by atoms with Crippen molar-refractivity contribution < 1.29 is 23.8 Å². The van der Waals surface area contributed by atoms with Gasteiger partial charge in [0, 0.05) is 12.1 Å². The van der Waals surface area contributed by atoms with Gasteiger partial charge in [0.25, 0.3) is 5.91 Å². The van der Waals surface area contributed by atoms with Crippen molar-refractivity contribution in [2.75, 3.05) is 26.4 Å². The van der Waals surface area contributed by atoms with E-state index in [0.717, 1.165) is 19.3 Å². The van der Waals surface area contributed by atoms with Crippen LogP contribution in [-0.4, -0.2) is 48.7 Å². The van der Waals surface area contributed by atoms with Crippen molar-refractivity contribution in [1.29, 1.82) is 5.26 Å². The van der Waals surface area contributed by atoms with Crippen LogP contribution < -0.4 is 0 Å². The number of carbonyl (C=O) groups is 2. The number of ether oxygens (including phenoxy) is 3. The van der Waals surface area contributed by atoms with Crippen molar-refractivity contribution >= 4 is 11.9 Å². The summed E-state index contributed by atoms with van der Waals surface area (Å²) in [5, 5.41) is 9.06. The Hall–Kier alpha value is -2.23. The van der Waals surface area contributed by atoms with Gasteiger partial charge in [-0.15, -0.1) is 0 Å². The van der Waals surface area contributed by atoms with E-state index in [1.165, 1.54) is 25.5 Å². The number of nitriles is 1. The monoisotopic (exact) mass is 374 g/mol. The molecular weight excluding hydrogens is 348 g/mol. The summed E-state index contributed by atoms with van der Waals surface area (Å²) in [6, 6.07) is 2.15. The van der Waals surface area contributed by atoms with Crippen LogP contribution in [0.4, 0.5) is 0 Å². The van der Waals surface area contributed by atoms with Gasteiger partial charge in [0.05, 0.1) is 12.5 Å². The van der Waals surface area contributed by atoms with Gasteiger partial charge in [0.1, 0.15) is 19.5 Å². The van der Waals surface area contributed by atoms with E-state index in [0.29, 0.717) is 37.3 Å². The number of nitrogens with zero attached hydrogens (tertiary/aromatic N) is 2. The maximum absolute atomic E-state index is 13.0. The summed E-state index contributed by atoms with van der Waals surface area (Å²) in [5.74, 6) is 1.16. The fourth-order valence-corrected chi connectivity index (χ4v) is 5.94. The van der Waals surface area contributed by atoms with E-state index in [1.54, 1.807) is 0 Å². The van der Waals surface area contributed by atoms with E-state index in [1.807, 2.05) is 4.90 Å². The quantitative estimate of drug-likeness (QED) is 0.662. The number of amides is 1. The number of carbonyl (C=O) groups excluding carboxylic acids is 2. The predicted molar refractivity (Wildman–Crippen MR) is 93.8 cm³/mol. The minimum absolute atomic E-state index is 0.00701. The van der Waals surface area contributed by atoms with Crippen LogP contribution in [0.2, 0.25) is 0 Å². The highest BCUT2D eigenvalue weighted by atomic mass is 16.6. The number of esters is 1. The molecule has 7 heteroatoms. The molecule has 5 aliphatic rings. The summed E-state index contributed by atoms with van der Waals surface area (Å²) in [5.41, 5.74) is -0.154. The Morgan fingerprint density at radius 2 is 1.85 bits per heavy atom. The largest absolute Gasteiger partial charge is 0.493 e. The molecule has 4 aliphatic carbocycles. The van der Waals surface area contributed by atoms with Gasteiger partial charge in [-0.2, -0.15) is 5.26 Å². The lowest BCUT2D eigenvalue weighted by molar-refractivity contribution is -0.162. The van der Waals surface area contributed by atoms with Crippen LogP contribution >= 0.6 is 0 Å². The summed E-state index contributed by atoms with van der Waals surface area (Å²) in [4.78, 5) is 26.9. The van der Waals surface area contributed by atoms with Gasteiger partial charge >= 0.3 is 5.97 Å². The molecule has 0 radical (unpaired) electrons. The second-order valence-electron chi connectivity index (χ2n) is 8.37. The molecule has 4 saturated carbocycles. The van der Waals surface area contributed by atoms with E-state index in [2.05, 4.69) is 6.07 Å². The first-order chi connectivity index (χ1) is 13.1. The molecule has 0 spiro atoms. The molecule has 146 valence electrons. The molecule has 0 aromatic heterocycles. The molecule has 1 heterocycles. The summed E-state index contributed by atoms with van der Waals surface area (Å²) in [7, 11) is 0. The van der Waals surface area contributed by atoms with E-state index in [9.17, 15) is 9.59 Å². The summed E-state index contributed by atoms with van der Waals surface area (Å²) < 4.78 is 15.4. The summed E-state index contributed by atoms with van der Waals surface area (Å²) in [6.07, 6.45) is 8.41. The average Bonchev–Trinajstić information content (AvgIpc) is 2.66. The van der Waals surface area contributed by atoms with Crippen molar-refractivity contribution in [3.8, 4) is 6.07 Å². The number of hydrogen-bond donors (Lipinski definition) is 0. The SMILES string of the molecule is N#CCCN(C(=O)COC(=O)C1=COCCO1)C12CC3CC(CC(C3)C1)C2. The standard InChI is InChI=1S/C20H26N2O5/c21-2-1-3-22(18(23)13-27-19(24)17-12-25-4-5-26-17)20-9-14-6-15(10-20)8-16(7-14)11-20/h12,14-16H,1,3-11,13H2. The molecule has 27 heavy (non-hydrogen) atoms. The molecule has 0 N–H and O–H groups in total. The average molecular weight is 374 g/mol. The van der Waals surface area contributed by atoms with Crippen LogP contribution in [0.3, 0.4) is 0 Å². The van der Waals surface area contributed by atoms with Crippen molar-refractivity contribution in [1.82, 2.24) is 4.90 Å². The van der Waals surface area contributed by atoms with E-state index < -0.39 is 5.97 Å². The lowest BCUT2D eigenvalue weighted by Gasteiger charge is -2.60. The van der Waals surface area contributed by atoms with Gasteiger partial charge < -0.3 is 19.1 Å². The highest BCUT2D eigenvalue weighted by Gasteiger charge is 2.54. The molecule has 7 nitrogen and oxygen atoms in total. The maximum atomic E-state index is 13.0. The predicted octanol–water partition coefficient (Wildman–Crippen LogP) is 2.13. The first-order valence-corrected chi connectivity index (χ1v) is 9.89. The molecule has 4 bridgehead atoms. The zero-order valence-electron chi connectivity index (χ0n) is 15.5. The van der Waals surface area contributed by atoms with Crippen LogP contribution in [0.1, 0.15) is 44.9 Å². The Morgan fingerprint density at radius 3 is 2.41 bits per heavy atom. The lowest BCUT2D eigenvalue weighted by atomic mass is 9.52. The van der Waals surface area contributed by atoms with Gasteiger partial charge in [-0.3, -0.25) is 4.79 Å². The second-order valence-corrected chi connectivity index (χ2v) is 8.37. The first-order valence-electron chi connectivity index (χ1n) is 9.89. The Kier molecular flexibility index (Phi) is 4.98. The van der Waals surface area contributed by atoms with Crippen LogP contribution in [0, 0.1) is 29.1 Å². The van der Waals surface area contributed by atoms with Crippen LogP contribution in [0.15, 0.2) is 12.0 Å². The topological polar surface area (TPSA) is 88.9 Å². The van der Waals surface area contributed by atoms with E-state index in [4.69, 9.17) is 19.5 Å². The van der Waals surface area contributed by atoms with Crippen molar-refractivity contribution in [3.63, 3.8) is 0 Å². The normalized spacial score (nSPS) is 33.3. The Morgan fingerprint density at radius 1 is 1.19 bits per heavy atom. The van der Waals surface area contributed by atoms with Crippen LogP contribution in [0.25, 0.3) is 0 Å². The highest BCUT2D eigenvalue weighted by molar-refractivity contribution is 5.88. The number of hydrogen-bond acceptors (Lipinski definition) is 6. The summed E-state index contributed by atoms with van der Waals surface area (Å²) in [6.45, 7) is 0.758. The molecule has 0 atom stereocenters. The van der Waals surface area contributed by atoms with Gasteiger partial charge in [0.15, 0.2) is 6.61 Å². The third-order valence-corrected chi connectivity index (χ3v) is 6.50. The second kappa shape index (κ2) is 7.41. The van der Waals surface area contributed by atoms with Crippen molar-refractivity contribution in [2.45, 2.75) is 50.5 Å². The smallest absolute Gasteiger partial charge is 0.377 e. The lowest BCUT2D eigenvalue weighted by Crippen LogP contribution is -2.62. The molecule has 1 aliphatic heterocycles. The Balaban J connectivity index is 1.44. The van der Waals surface area contributed by atoms with Crippen LogP contribution in [0.5, 0.6) is 0 Å². The minimum atomic E-state index is -0.686. The molecule has 5 rings (SSSR count). The first kappa shape index (κ1) is 18.1. The molecule has 1 amide bonds. The zero-order chi connectivity index (χ0) is 18.9. The molecule has 0 aromatic carbocycles. The molecule has 0 aromatic rings. The molecule has 0 saturated heterocycles. The van der Waals surface area contributed by atoms with Gasteiger partial charge in [0.2, 0.25) is 5.76 Å². The third kappa shape index (κ3) is 3.62.